The van der Waals surface area contributed by atoms with Crippen LogP contribution in [-0.4, -0.2) is 0 Å². The van der Waals surface area contributed by atoms with E-state index >= 15 is 0 Å². The molecule has 0 aliphatic carbocycles. The molecule has 0 amide bonds. The largest absolute Gasteiger partial charge is 1.00 e. The van der Waals surface area contributed by atoms with Crippen LogP contribution in [0.1, 0.15) is 77.6 Å². The van der Waals surface area contributed by atoms with Gasteiger partial charge in [-0.2, -0.15) is 6.42 Å². The van der Waals surface area contributed by atoms with Crippen LogP contribution >= 0.6 is 0 Å². The van der Waals surface area contributed by atoms with Gasteiger partial charge < -0.3 is 6.92 Å². The second kappa shape index (κ2) is 9.10. The molecular weight excluding hydrogens is 267 g/mol. The van der Waals surface area contributed by atoms with Gasteiger partial charge in [0, 0.05) is 0 Å². The molecule has 1 aromatic rings. The van der Waals surface area contributed by atoms with E-state index in [0.717, 1.165) is 6.42 Å². The smallest absolute Gasteiger partial charge is 0.339 e. The Morgan fingerprint density at radius 1 is 0.850 bits per heavy atom. The maximum absolute atomic E-state index is 4.03. The second-order valence-corrected chi connectivity index (χ2v) is 7.07. The first-order valence-electron chi connectivity index (χ1n) is 7.51. The zero-order valence-corrected chi connectivity index (χ0v) is 18.7. The van der Waals surface area contributed by atoms with Gasteiger partial charge >= 0.3 is 51.4 Å². The Hall–Kier alpha value is 0.856. The summed E-state index contributed by atoms with van der Waals surface area (Å²) < 4.78 is 0. The van der Waals surface area contributed by atoms with Crippen LogP contribution in [-0.2, 0) is 17.3 Å². The van der Waals surface area contributed by atoms with Crippen molar-refractivity contribution >= 4 is 0 Å². The van der Waals surface area contributed by atoms with Crippen molar-refractivity contribution in [1.82, 2.24) is 0 Å². The summed E-state index contributed by atoms with van der Waals surface area (Å²) in [7, 11) is 0. The van der Waals surface area contributed by atoms with Gasteiger partial charge in [0.2, 0.25) is 0 Å². The Morgan fingerprint density at radius 3 is 1.35 bits per heavy atom. The molecule has 0 saturated carbocycles. The van der Waals surface area contributed by atoms with E-state index in [9.17, 15) is 0 Å². The third-order valence-electron chi connectivity index (χ3n) is 3.37. The van der Waals surface area contributed by atoms with E-state index in [2.05, 4.69) is 67.5 Å². The normalized spacial score (nSPS) is 11.3. The van der Waals surface area contributed by atoms with Crippen molar-refractivity contribution in [2.24, 2.45) is 0 Å². The average Bonchev–Trinajstić information content (AvgIpc) is 2.29. The minimum Gasteiger partial charge on any atom is -0.339 e. The first-order valence-corrected chi connectivity index (χ1v) is 7.51. The van der Waals surface area contributed by atoms with Gasteiger partial charge in [-0.05, 0) is 34.4 Å². The Kier molecular flexibility index (Phi) is 10.5. The molecule has 0 radical (unpaired) electrons. The first kappa shape index (κ1) is 23.1. The van der Waals surface area contributed by atoms with Gasteiger partial charge in [0.1, 0.15) is 0 Å². The quantitative estimate of drug-likeness (QED) is 0.552. The van der Waals surface area contributed by atoms with Crippen LogP contribution in [0.2, 0.25) is 0 Å². The van der Waals surface area contributed by atoms with Crippen LogP contribution in [0.4, 0.5) is 0 Å². The Bertz CT molecular complexity index is 368. The van der Waals surface area contributed by atoms with Crippen molar-refractivity contribution in [3.05, 3.63) is 41.3 Å². The number of hydrogen-bond donors (Lipinski definition) is 0. The Labute approximate surface area is 170 Å². The van der Waals surface area contributed by atoms with Crippen LogP contribution in [0.25, 0.3) is 0 Å². The SMILES string of the molecule is CC.[CH2-]Cc1cc(C(C)(C)C)c(C)c(C(C)(C)C)c1.[K+]. The molecule has 0 atom stereocenters. The average molecular weight is 301 g/mol. The maximum atomic E-state index is 4.03. The molecule has 0 bridgehead atoms. The standard InChI is InChI=1S/C17H27.C2H6.K/c1-9-13-10-14(16(3,4)5)12(2)15(11-13)17(6,7)8;1-2;/h10-11H,1,9H2,2-8H3;1-2H3;/q-1;;+1. The number of hydrogen-bond acceptors (Lipinski definition) is 0. The third kappa shape index (κ3) is 6.31. The summed E-state index contributed by atoms with van der Waals surface area (Å²) in [4.78, 5) is 0. The molecule has 0 heterocycles. The molecule has 0 spiro atoms. The fraction of sp³-hybridized carbons (Fsp3) is 0.632. The molecule has 0 N–H and O–H groups in total. The fourth-order valence-electron chi connectivity index (χ4n) is 2.48. The van der Waals surface area contributed by atoms with Crippen molar-refractivity contribution in [1.29, 1.82) is 0 Å². The van der Waals surface area contributed by atoms with E-state index in [4.69, 9.17) is 0 Å². The summed E-state index contributed by atoms with van der Waals surface area (Å²) in [6, 6.07) is 4.66. The summed E-state index contributed by atoms with van der Waals surface area (Å²) in [6.07, 6.45) is 0.868. The molecule has 0 fully saturated rings. The van der Waals surface area contributed by atoms with Crippen molar-refractivity contribution in [3.63, 3.8) is 0 Å². The van der Waals surface area contributed by atoms with Crippen molar-refractivity contribution in [2.75, 3.05) is 0 Å². The fourth-order valence-corrected chi connectivity index (χ4v) is 2.48. The predicted molar refractivity (Wildman–Crippen MR) is 89.0 cm³/mol. The maximum Gasteiger partial charge on any atom is 1.00 e. The summed E-state index contributed by atoms with van der Waals surface area (Å²) in [5.74, 6) is 0. The molecule has 1 aromatic carbocycles. The monoisotopic (exact) mass is 300 g/mol. The predicted octanol–water partition coefficient (Wildman–Crippen LogP) is 3.00. The summed E-state index contributed by atoms with van der Waals surface area (Å²) in [6.45, 7) is 24.0. The number of benzene rings is 1. The van der Waals surface area contributed by atoms with Gasteiger partial charge in [0.05, 0.1) is 0 Å². The van der Waals surface area contributed by atoms with Gasteiger partial charge in [0.15, 0.2) is 0 Å². The summed E-state index contributed by atoms with van der Waals surface area (Å²) in [5, 5.41) is 0. The molecule has 1 heteroatoms. The van der Waals surface area contributed by atoms with Crippen LogP contribution in [0.15, 0.2) is 12.1 Å². The zero-order valence-electron chi connectivity index (χ0n) is 15.6. The van der Waals surface area contributed by atoms with Crippen molar-refractivity contribution in [2.45, 2.75) is 79.6 Å². The zero-order chi connectivity index (χ0) is 15.4. The number of rotatable bonds is 1. The summed E-state index contributed by atoms with van der Waals surface area (Å²) in [5.41, 5.74) is 6.13. The van der Waals surface area contributed by atoms with Gasteiger partial charge in [0.25, 0.3) is 0 Å². The molecule has 0 nitrogen and oxygen atoms in total. The van der Waals surface area contributed by atoms with E-state index < -0.39 is 0 Å². The van der Waals surface area contributed by atoms with Crippen LogP contribution < -0.4 is 51.4 Å². The van der Waals surface area contributed by atoms with Crippen LogP contribution in [0.3, 0.4) is 0 Å². The van der Waals surface area contributed by atoms with Gasteiger partial charge in [-0.3, -0.25) is 0 Å². The summed E-state index contributed by atoms with van der Waals surface area (Å²) >= 11 is 0. The third-order valence-corrected chi connectivity index (χ3v) is 3.37. The minimum atomic E-state index is 0. The first-order chi connectivity index (χ1) is 8.57. The van der Waals surface area contributed by atoms with Gasteiger partial charge in [-0.25, -0.2) is 0 Å². The molecular formula is C19H33K. The molecule has 1 rings (SSSR count). The van der Waals surface area contributed by atoms with Gasteiger partial charge in [-0.15, -0.1) is 0 Å². The van der Waals surface area contributed by atoms with Crippen LogP contribution in [0.5, 0.6) is 0 Å². The molecule has 0 aromatic heterocycles. The second-order valence-electron chi connectivity index (χ2n) is 7.07. The Balaban J connectivity index is 0. The molecule has 110 valence electrons. The molecule has 20 heavy (non-hydrogen) atoms. The van der Waals surface area contributed by atoms with E-state index in [-0.39, 0.29) is 62.2 Å². The van der Waals surface area contributed by atoms with E-state index in [1.807, 2.05) is 13.8 Å². The topological polar surface area (TPSA) is 0 Å². The van der Waals surface area contributed by atoms with Crippen LogP contribution in [0, 0.1) is 13.8 Å². The Morgan fingerprint density at radius 2 is 1.15 bits per heavy atom. The van der Waals surface area contributed by atoms with Crippen molar-refractivity contribution < 1.29 is 51.4 Å². The minimum absolute atomic E-state index is 0. The molecule has 0 aliphatic heterocycles. The molecule has 0 saturated heterocycles. The van der Waals surface area contributed by atoms with Crippen molar-refractivity contribution in [3.8, 4) is 0 Å². The van der Waals surface area contributed by atoms with E-state index in [0.29, 0.717) is 0 Å². The van der Waals surface area contributed by atoms with E-state index in [1.54, 1.807) is 0 Å². The molecule has 0 aliphatic rings. The van der Waals surface area contributed by atoms with Gasteiger partial charge in [-0.1, -0.05) is 73.1 Å². The molecule has 0 unspecified atom stereocenters. The van der Waals surface area contributed by atoms with E-state index in [1.165, 1.54) is 22.3 Å².